The van der Waals surface area contributed by atoms with Crippen molar-refractivity contribution in [2.45, 2.75) is 56.3 Å². The second-order valence-electron chi connectivity index (χ2n) is 5.23. The Morgan fingerprint density at radius 1 is 1.04 bits per heavy atom. The molecule has 0 fully saturated rings. The summed E-state index contributed by atoms with van der Waals surface area (Å²) in [5.41, 5.74) is 0. The van der Waals surface area contributed by atoms with Crippen LogP contribution in [-0.2, 0) is 14.9 Å². The molecule has 0 aliphatic heterocycles. The molecule has 1 aromatic carbocycles. The molecule has 0 amide bonds. The number of esters is 1. The first kappa shape index (κ1) is 23.2. The minimum atomic E-state index is -4.48. The van der Waals surface area contributed by atoms with Gasteiger partial charge in [-0.2, -0.15) is 0 Å². The summed E-state index contributed by atoms with van der Waals surface area (Å²) in [6.45, 7) is 0. The zero-order chi connectivity index (χ0) is 17.1. The van der Waals surface area contributed by atoms with Gasteiger partial charge in [-0.25, -0.2) is 8.42 Å². The average molecular weight is 360 g/mol. The van der Waals surface area contributed by atoms with Gasteiger partial charge in [0.1, 0.15) is 15.9 Å². The summed E-state index contributed by atoms with van der Waals surface area (Å²) in [5.74, 6) is 2.47. The molecule has 0 saturated carbocycles. The molecule has 0 bridgehead atoms. The third-order valence-corrected chi connectivity index (χ3v) is 4.15. The summed E-state index contributed by atoms with van der Waals surface area (Å²) in [4.78, 5) is 11.3. The molecule has 126 valence electrons. The van der Waals surface area contributed by atoms with Gasteiger partial charge in [0.15, 0.2) is 0 Å². The molecule has 1 rings (SSSR count). The molecular formula is C17H21NaO5S. The SMILES string of the molecule is C#CCCCCCCCCC(=O)Oc1ccc(S(=O)(=O)[O-])cc1.[Na+]. The Morgan fingerprint density at radius 3 is 2.12 bits per heavy atom. The van der Waals surface area contributed by atoms with E-state index < -0.39 is 10.1 Å². The summed E-state index contributed by atoms with van der Waals surface area (Å²) in [6.07, 6.45) is 12.3. The van der Waals surface area contributed by atoms with Crippen LogP contribution < -0.4 is 34.3 Å². The monoisotopic (exact) mass is 360 g/mol. The summed E-state index contributed by atoms with van der Waals surface area (Å²) in [6, 6.07) is 4.85. The van der Waals surface area contributed by atoms with Crippen LogP contribution in [-0.4, -0.2) is 18.9 Å². The van der Waals surface area contributed by atoms with E-state index in [9.17, 15) is 17.8 Å². The topological polar surface area (TPSA) is 83.5 Å². The average Bonchev–Trinajstić information content (AvgIpc) is 2.49. The third-order valence-electron chi connectivity index (χ3n) is 3.30. The fraction of sp³-hybridized carbons (Fsp3) is 0.471. The first-order valence-electron chi connectivity index (χ1n) is 7.63. The molecule has 24 heavy (non-hydrogen) atoms. The van der Waals surface area contributed by atoms with Crippen LogP contribution in [0.15, 0.2) is 29.2 Å². The smallest absolute Gasteiger partial charge is 0.744 e. The number of rotatable bonds is 10. The molecule has 0 saturated heterocycles. The van der Waals surface area contributed by atoms with E-state index in [-0.39, 0.29) is 46.2 Å². The minimum absolute atomic E-state index is 0. The Labute approximate surface area is 166 Å². The maximum atomic E-state index is 11.6. The van der Waals surface area contributed by atoms with Crippen LogP contribution in [0.4, 0.5) is 0 Å². The van der Waals surface area contributed by atoms with E-state index in [0.29, 0.717) is 6.42 Å². The summed E-state index contributed by atoms with van der Waals surface area (Å²) >= 11 is 0. The fourth-order valence-electron chi connectivity index (χ4n) is 2.06. The molecular weight excluding hydrogens is 339 g/mol. The van der Waals surface area contributed by atoms with Crippen molar-refractivity contribution >= 4 is 16.1 Å². The minimum Gasteiger partial charge on any atom is -0.744 e. The molecule has 0 aromatic heterocycles. The first-order chi connectivity index (χ1) is 10.9. The van der Waals surface area contributed by atoms with Gasteiger partial charge in [0.2, 0.25) is 0 Å². The zero-order valence-electron chi connectivity index (χ0n) is 14.0. The molecule has 7 heteroatoms. The second kappa shape index (κ2) is 12.5. The number of carbonyl (C=O) groups excluding carboxylic acids is 1. The van der Waals surface area contributed by atoms with E-state index in [4.69, 9.17) is 11.2 Å². The van der Waals surface area contributed by atoms with E-state index in [1.807, 2.05) is 0 Å². The van der Waals surface area contributed by atoms with Gasteiger partial charge < -0.3 is 9.29 Å². The van der Waals surface area contributed by atoms with Crippen molar-refractivity contribution < 1.29 is 52.1 Å². The number of ether oxygens (including phenoxy) is 1. The van der Waals surface area contributed by atoms with Crippen molar-refractivity contribution in [2.24, 2.45) is 0 Å². The molecule has 0 N–H and O–H groups in total. The van der Waals surface area contributed by atoms with Crippen LogP contribution in [0.5, 0.6) is 5.75 Å². The standard InChI is InChI=1S/C17H22O5S.Na/c1-2-3-4-5-6-7-8-9-10-17(18)22-15-11-13-16(14-12-15)23(19,20)21;/h1,11-14H,3-10H2,(H,19,20,21);/q;+1/p-1. The predicted molar refractivity (Wildman–Crippen MR) is 85.8 cm³/mol. The predicted octanol–water partition coefficient (Wildman–Crippen LogP) is 0.254. The first-order valence-corrected chi connectivity index (χ1v) is 9.04. The second-order valence-corrected chi connectivity index (χ2v) is 6.60. The maximum absolute atomic E-state index is 11.6. The van der Waals surface area contributed by atoms with Gasteiger partial charge in [-0.05, 0) is 37.1 Å². The summed E-state index contributed by atoms with van der Waals surface area (Å²) in [5, 5.41) is 0. The molecule has 0 atom stereocenters. The van der Waals surface area contributed by atoms with Crippen molar-refractivity contribution in [1.29, 1.82) is 0 Å². The Kier molecular flexibility index (Phi) is 12.1. The molecule has 0 spiro atoms. The molecule has 0 heterocycles. The van der Waals surface area contributed by atoms with E-state index in [1.165, 1.54) is 12.1 Å². The van der Waals surface area contributed by atoms with Crippen LogP contribution in [0.25, 0.3) is 0 Å². The van der Waals surface area contributed by atoms with Crippen molar-refractivity contribution in [1.82, 2.24) is 0 Å². The van der Waals surface area contributed by atoms with Gasteiger partial charge in [0.25, 0.3) is 0 Å². The largest absolute Gasteiger partial charge is 1.00 e. The maximum Gasteiger partial charge on any atom is 1.00 e. The van der Waals surface area contributed by atoms with Crippen molar-refractivity contribution in [3.05, 3.63) is 24.3 Å². The summed E-state index contributed by atoms with van der Waals surface area (Å²) in [7, 11) is -4.48. The Morgan fingerprint density at radius 2 is 1.58 bits per heavy atom. The Bertz CT molecular complexity index is 632. The molecule has 5 nitrogen and oxygen atoms in total. The van der Waals surface area contributed by atoms with Gasteiger partial charge in [0, 0.05) is 12.8 Å². The van der Waals surface area contributed by atoms with Gasteiger partial charge >= 0.3 is 35.5 Å². The van der Waals surface area contributed by atoms with E-state index >= 15 is 0 Å². The van der Waals surface area contributed by atoms with Gasteiger partial charge in [-0.1, -0.05) is 25.7 Å². The van der Waals surface area contributed by atoms with Gasteiger partial charge in [0.05, 0.1) is 4.90 Å². The number of benzene rings is 1. The molecule has 0 radical (unpaired) electrons. The van der Waals surface area contributed by atoms with Crippen LogP contribution in [0.2, 0.25) is 0 Å². The number of unbranched alkanes of at least 4 members (excludes halogenated alkanes) is 6. The quantitative estimate of drug-likeness (QED) is 0.149. The number of hydrogen-bond donors (Lipinski definition) is 0. The van der Waals surface area contributed by atoms with E-state index in [2.05, 4.69) is 5.92 Å². The van der Waals surface area contributed by atoms with E-state index in [0.717, 1.165) is 57.1 Å². The van der Waals surface area contributed by atoms with Crippen molar-refractivity contribution in [3.63, 3.8) is 0 Å². The molecule has 0 aliphatic carbocycles. The van der Waals surface area contributed by atoms with Crippen molar-refractivity contribution in [2.75, 3.05) is 0 Å². The molecule has 0 unspecified atom stereocenters. The summed E-state index contributed by atoms with van der Waals surface area (Å²) < 4.78 is 37.4. The Balaban J connectivity index is 0.00000529. The third kappa shape index (κ3) is 10.1. The number of carbonyl (C=O) groups is 1. The number of terminal acetylenes is 1. The van der Waals surface area contributed by atoms with Gasteiger partial charge in [-0.15, -0.1) is 12.3 Å². The van der Waals surface area contributed by atoms with Crippen LogP contribution in [0, 0.1) is 12.3 Å². The van der Waals surface area contributed by atoms with Crippen LogP contribution >= 0.6 is 0 Å². The normalized spacial score (nSPS) is 10.5. The molecule has 1 aromatic rings. The fourth-order valence-corrected chi connectivity index (χ4v) is 2.53. The van der Waals surface area contributed by atoms with Crippen molar-refractivity contribution in [3.8, 4) is 18.1 Å². The Hall–Kier alpha value is -0.840. The van der Waals surface area contributed by atoms with Gasteiger partial charge in [-0.3, -0.25) is 4.79 Å². The number of hydrogen-bond acceptors (Lipinski definition) is 5. The zero-order valence-corrected chi connectivity index (χ0v) is 16.8. The van der Waals surface area contributed by atoms with E-state index in [1.54, 1.807) is 0 Å². The van der Waals surface area contributed by atoms with Crippen LogP contribution in [0.1, 0.15) is 51.4 Å². The molecule has 0 aliphatic rings. The van der Waals surface area contributed by atoms with Crippen LogP contribution in [0.3, 0.4) is 0 Å².